The van der Waals surface area contributed by atoms with E-state index in [1.165, 1.54) is 6.92 Å². The van der Waals surface area contributed by atoms with Crippen molar-refractivity contribution in [2.24, 2.45) is 0 Å². The topological polar surface area (TPSA) is 321 Å². The Kier molecular flexibility index (Phi) is 29.3. The van der Waals surface area contributed by atoms with Crippen molar-refractivity contribution in [1.82, 2.24) is 0 Å². The van der Waals surface area contributed by atoms with E-state index >= 15 is 0 Å². The quantitative estimate of drug-likeness (QED) is 0.129. The highest BCUT2D eigenvalue weighted by molar-refractivity contribution is 5.71. The van der Waals surface area contributed by atoms with Crippen LogP contribution in [0.15, 0.2) is 0 Å². The molecular formula is C16H38O16. The van der Waals surface area contributed by atoms with E-state index in [-0.39, 0.29) is 0 Å². The van der Waals surface area contributed by atoms with Crippen LogP contribution >= 0.6 is 0 Å². The molecule has 32 heavy (non-hydrogen) atoms. The maximum atomic E-state index is 9.45. The highest BCUT2D eigenvalue weighted by Gasteiger charge is 2.22. The van der Waals surface area contributed by atoms with Crippen molar-refractivity contribution >= 4 is 5.97 Å². The number of aliphatic hydroxyl groups excluding tert-OH is 14. The predicted molar refractivity (Wildman–Crippen MR) is 104 cm³/mol. The first-order valence-electron chi connectivity index (χ1n) is 9.04. The summed E-state index contributed by atoms with van der Waals surface area (Å²) in [6.45, 7) is -2.19. The van der Waals surface area contributed by atoms with Gasteiger partial charge < -0.3 is 76.6 Å². The molecule has 0 aliphatic heterocycles. The minimum Gasteiger partial charge on any atom is -0.479 e. The van der Waals surface area contributed by atoms with Crippen LogP contribution in [0.2, 0.25) is 0 Å². The van der Waals surface area contributed by atoms with Crippen molar-refractivity contribution in [2.75, 3.05) is 39.6 Å². The fraction of sp³-hybridized carbons (Fsp3) is 0.938. The summed E-state index contributed by atoms with van der Waals surface area (Å²) >= 11 is 0. The van der Waals surface area contributed by atoms with E-state index in [2.05, 4.69) is 0 Å². The first kappa shape index (κ1) is 38.2. The number of aliphatic hydroxyl groups is 14. The average Bonchev–Trinajstić information content (AvgIpc) is 2.81. The molecule has 16 heteroatoms. The van der Waals surface area contributed by atoms with Crippen LogP contribution in [0.3, 0.4) is 0 Å². The normalized spacial score (nSPS) is 17.8. The van der Waals surface area contributed by atoms with Crippen LogP contribution in [0.4, 0.5) is 0 Å². The van der Waals surface area contributed by atoms with E-state index in [4.69, 9.17) is 76.6 Å². The Hall–Kier alpha value is -1.09. The fourth-order valence-electron chi connectivity index (χ4n) is 0.959. The number of aliphatic carboxylic acids is 1. The molecule has 0 aliphatic rings. The van der Waals surface area contributed by atoms with E-state index in [9.17, 15) is 4.79 Å². The van der Waals surface area contributed by atoms with Gasteiger partial charge in [0, 0.05) is 0 Å². The second kappa shape index (κ2) is 24.6. The van der Waals surface area contributed by atoms with Crippen LogP contribution in [0.25, 0.3) is 0 Å². The van der Waals surface area contributed by atoms with Gasteiger partial charge >= 0.3 is 5.97 Å². The van der Waals surface area contributed by atoms with Crippen LogP contribution in [0.5, 0.6) is 0 Å². The molecule has 0 aliphatic carbocycles. The Bertz CT molecular complexity index is 356. The summed E-state index contributed by atoms with van der Waals surface area (Å²) in [7, 11) is 0. The molecule has 0 spiro atoms. The van der Waals surface area contributed by atoms with Crippen molar-refractivity contribution in [3.05, 3.63) is 0 Å². The molecule has 198 valence electrons. The second-order valence-electron chi connectivity index (χ2n) is 6.00. The third-order valence-electron chi connectivity index (χ3n) is 3.16. The smallest absolute Gasteiger partial charge is 0.332 e. The molecule has 15 N–H and O–H groups in total. The molecule has 0 fully saturated rings. The maximum Gasteiger partial charge on any atom is 0.332 e. The van der Waals surface area contributed by atoms with E-state index in [1.807, 2.05) is 0 Å². The number of hydrogen-bond donors (Lipinski definition) is 15. The summed E-state index contributed by atoms with van der Waals surface area (Å²) in [6.07, 6.45) is -10.4. The standard InChI is InChI=1S/C5H12O5.2C4H10O4.C3H6O3/c6-1-3(8)5(10)4(9)2-7;2*5-1-3(7)4(8)2-6;1-2(4)3(5)6/h3-10H,1-2H2;2*3-8H,1-2H2;2,4H,1H3,(H,5,6)/t3-,4+,5?;3-,4+;3-,4-;/m..1./s1. The highest BCUT2D eigenvalue weighted by Crippen LogP contribution is 1.98. The zero-order valence-corrected chi connectivity index (χ0v) is 17.5. The lowest BCUT2D eigenvalue weighted by Gasteiger charge is -2.19. The second-order valence-corrected chi connectivity index (χ2v) is 6.00. The van der Waals surface area contributed by atoms with Gasteiger partial charge in [-0.1, -0.05) is 0 Å². The van der Waals surface area contributed by atoms with E-state index in [1.54, 1.807) is 0 Å². The lowest BCUT2D eigenvalue weighted by atomic mass is 10.1. The molecule has 0 heterocycles. The van der Waals surface area contributed by atoms with Gasteiger partial charge in [0.05, 0.1) is 39.6 Å². The molecule has 0 amide bonds. The molecule has 0 saturated carbocycles. The zero-order valence-electron chi connectivity index (χ0n) is 17.5. The lowest BCUT2D eigenvalue weighted by Crippen LogP contribution is -2.41. The van der Waals surface area contributed by atoms with Gasteiger partial charge in [-0.25, -0.2) is 4.79 Å². The summed E-state index contributed by atoms with van der Waals surface area (Å²) < 4.78 is 0. The SMILES string of the molecule is CC(O)C(=O)O.OC[C@@H](O)C(O)[C@@H](O)CO.OC[C@@H](O)[C@@H](O)CO.OC[C@@H](O)[C@H](O)CO. The Morgan fingerprint density at radius 2 is 0.656 bits per heavy atom. The number of hydrogen-bond acceptors (Lipinski definition) is 15. The zero-order chi connectivity index (χ0) is 26.4. The summed E-state index contributed by atoms with van der Waals surface area (Å²) in [5.41, 5.74) is 0. The van der Waals surface area contributed by atoms with E-state index in [0.717, 1.165) is 0 Å². The lowest BCUT2D eigenvalue weighted by molar-refractivity contribution is -0.145. The fourth-order valence-corrected chi connectivity index (χ4v) is 0.959. The minimum atomic E-state index is -1.49. The summed E-state index contributed by atoms with van der Waals surface area (Å²) in [5.74, 6) is -1.19. The molecule has 0 aromatic heterocycles. The van der Waals surface area contributed by atoms with Gasteiger partial charge in [0.25, 0.3) is 0 Å². The number of carbonyl (C=O) groups is 1. The van der Waals surface area contributed by atoms with Crippen LogP contribution in [0.1, 0.15) is 6.92 Å². The van der Waals surface area contributed by atoms with Crippen molar-refractivity contribution < 1.29 is 81.4 Å². The van der Waals surface area contributed by atoms with Gasteiger partial charge in [0.15, 0.2) is 0 Å². The largest absolute Gasteiger partial charge is 0.479 e. The van der Waals surface area contributed by atoms with Crippen LogP contribution in [-0.4, -0.2) is 171 Å². The third-order valence-corrected chi connectivity index (χ3v) is 3.16. The van der Waals surface area contributed by atoms with Gasteiger partial charge in [-0.3, -0.25) is 0 Å². The van der Waals surface area contributed by atoms with Gasteiger partial charge in [0.2, 0.25) is 0 Å². The van der Waals surface area contributed by atoms with Crippen molar-refractivity contribution in [1.29, 1.82) is 0 Å². The highest BCUT2D eigenvalue weighted by atomic mass is 16.4. The van der Waals surface area contributed by atoms with Crippen LogP contribution < -0.4 is 0 Å². The van der Waals surface area contributed by atoms with Crippen molar-refractivity contribution in [3.63, 3.8) is 0 Å². The van der Waals surface area contributed by atoms with E-state index < -0.39 is 94.4 Å². The summed E-state index contributed by atoms with van der Waals surface area (Å²) in [5, 5.41) is 125. The maximum absolute atomic E-state index is 9.45. The Balaban J connectivity index is -0.000000166. The van der Waals surface area contributed by atoms with Crippen LogP contribution in [-0.2, 0) is 4.79 Å². The van der Waals surface area contributed by atoms with Crippen LogP contribution in [0, 0.1) is 0 Å². The molecule has 16 nitrogen and oxygen atoms in total. The average molecular weight is 486 g/mol. The Labute approximate surface area is 183 Å². The predicted octanol–water partition coefficient (Wildman–Crippen LogP) is -8.11. The summed E-state index contributed by atoms with van der Waals surface area (Å²) in [6, 6.07) is 0. The Morgan fingerprint density at radius 1 is 0.500 bits per heavy atom. The van der Waals surface area contributed by atoms with E-state index in [0.29, 0.717) is 0 Å². The molecule has 0 saturated heterocycles. The molecule has 0 rings (SSSR count). The number of rotatable bonds is 11. The molecule has 0 bridgehead atoms. The van der Waals surface area contributed by atoms with Crippen molar-refractivity contribution in [2.45, 2.75) is 55.8 Å². The molecular weight excluding hydrogens is 448 g/mol. The van der Waals surface area contributed by atoms with Crippen molar-refractivity contribution in [3.8, 4) is 0 Å². The number of carboxylic acid groups (broad SMARTS) is 1. The minimum absolute atomic E-state index is 0.526. The molecule has 0 radical (unpaired) electrons. The molecule has 0 aromatic rings. The molecule has 0 aromatic carbocycles. The first-order valence-corrected chi connectivity index (χ1v) is 9.04. The molecule has 2 unspecified atom stereocenters. The van der Waals surface area contributed by atoms with Gasteiger partial charge in [-0.2, -0.15) is 0 Å². The van der Waals surface area contributed by atoms with Gasteiger partial charge in [-0.15, -0.1) is 0 Å². The first-order chi connectivity index (χ1) is 14.7. The number of carboxylic acids is 1. The van der Waals surface area contributed by atoms with Gasteiger partial charge in [0.1, 0.15) is 48.8 Å². The molecule has 8 atom stereocenters. The van der Waals surface area contributed by atoms with Gasteiger partial charge in [-0.05, 0) is 6.92 Å². The Morgan fingerprint density at radius 3 is 0.750 bits per heavy atom. The third kappa shape index (κ3) is 23.6. The summed E-state index contributed by atoms with van der Waals surface area (Å²) in [4.78, 5) is 9.45. The monoisotopic (exact) mass is 486 g/mol.